The molecule has 0 spiro atoms. The summed E-state index contributed by atoms with van der Waals surface area (Å²) in [5.41, 5.74) is 2.59. The van der Waals surface area contributed by atoms with Gasteiger partial charge in [0.25, 0.3) is 11.1 Å². The summed E-state index contributed by atoms with van der Waals surface area (Å²) in [7, 11) is 0. The molecule has 3 aromatic rings. The maximum Gasteiger partial charge on any atom is 0.293 e. The molecule has 0 N–H and O–H groups in total. The molecule has 0 aromatic heterocycles. The summed E-state index contributed by atoms with van der Waals surface area (Å²) in [6, 6.07) is 20.5. The fraction of sp³-hybridized carbons (Fsp3) is 0.154. The van der Waals surface area contributed by atoms with E-state index in [0.29, 0.717) is 39.1 Å². The molecule has 4 rings (SSSR count). The third-order valence-electron chi connectivity index (χ3n) is 4.98. The van der Waals surface area contributed by atoms with Gasteiger partial charge in [0.1, 0.15) is 6.61 Å². The average Bonchev–Trinajstić information content (AvgIpc) is 3.08. The number of carbonyl (C=O) groups is 2. The SMILES string of the molecule is CCOc1cc(/C=C2/SC(=O)N(Cc3ccccc3)C2=O)cc(Br)c1OCc1ccc(Cl)cc1. The van der Waals surface area contributed by atoms with E-state index in [9.17, 15) is 9.59 Å². The molecule has 0 saturated carbocycles. The molecule has 174 valence electrons. The van der Waals surface area contributed by atoms with E-state index in [1.807, 2.05) is 67.6 Å². The molecule has 1 fully saturated rings. The van der Waals surface area contributed by atoms with Crippen LogP contribution >= 0.6 is 39.3 Å². The lowest BCUT2D eigenvalue weighted by atomic mass is 10.1. The quantitative estimate of drug-likeness (QED) is 0.271. The van der Waals surface area contributed by atoms with E-state index >= 15 is 0 Å². The zero-order valence-electron chi connectivity index (χ0n) is 18.3. The molecule has 1 aliphatic heterocycles. The summed E-state index contributed by atoms with van der Waals surface area (Å²) in [6.07, 6.45) is 1.70. The molecule has 8 heteroatoms. The second kappa shape index (κ2) is 11.1. The van der Waals surface area contributed by atoms with Crippen molar-refractivity contribution in [3.8, 4) is 11.5 Å². The Kier molecular flexibility index (Phi) is 7.98. The minimum absolute atomic E-state index is 0.244. The average molecular weight is 559 g/mol. The first-order chi connectivity index (χ1) is 16.4. The zero-order valence-corrected chi connectivity index (χ0v) is 21.5. The van der Waals surface area contributed by atoms with E-state index in [1.54, 1.807) is 12.1 Å². The van der Waals surface area contributed by atoms with Crippen molar-refractivity contribution in [2.45, 2.75) is 20.1 Å². The van der Waals surface area contributed by atoms with Crippen molar-refractivity contribution in [1.29, 1.82) is 0 Å². The van der Waals surface area contributed by atoms with Gasteiger partial charge in [-0.3, -0.25) is 14.5 Å². The van der Waals surface area contributed by atoms with Crippen LogP contribution in [0.5, 0.6) is 11.5 Å². The van der Waals surface area contributed by atoms with E-state index < -0.39 is 0 Å². The number of ether oxygens (including phenoxy) is 2. The number of nitrogens with zero attached hydrogens (tertiary/aromatic N) is 1. The number of benzene rings is 3. The standard InChI is InChI=1S/C26H21BrClNO4S/c1-2-32-22-13-19(12-21(27)24(22)33-16-18-8-10-20(28)11-9-18)14-23-25(30)29(26(31)34-23)15-17-6-4-3-5-7-17/h3-14H,2,15-16H2,1H3/b23-14+. The number of hydrogen-bond donors (Lipinski definition) is 0. The zero-order chi connectivity index (χ0) is 24.1. The highest BCUT2D eigenvalue weighted by Crippen LogP contribution is 2.40. The lowest BCUT2D eigenvalue weighted by Crippen LogP contribution is -2.27. The Bertz CT molecular complexity index is 1230. The number of imide groups is 1. The molecule has 5 nitrogen and oxygen atoms in total. The molecule has 1 heterocycles. The van der Waals surface area contributed by atoms with Crippen LogP contribution in [-0.2, 0) is 17.9 Å². The van der Waals surface area contributed by atoms with Crippen molar-refractivity contribution < 1.29 is 19.1 Å². The molecule has 0 bridgehead atoms. The molecule has 1 aliphatic rings. The van der Waals surface area contributed by atoms with Gasteiger partial charge in [-0.15, -0.1) is 0 Å². The summed E-state index contributed by atoms with van der Waals surface area (Å²) in [6.45, 7) is 2.92. The van der Waals surface area contributed by atoms with Gasteiger partial charge in [0.15, 0.2) is 11.5 Å². The first-order valence-electron chi connectivity index (χ1n) is 10.6. The maximum absolute atomic E-state index is 12.9. The Balaban J connectivity index is 1.55. The highest BCUT2D eigenvalue weighted by molar-refractivity contribution is 9.10. The predicted molar refractivity (Wildman–Crippen MR) is 139 cm³/mol. The minimum Gasteiger partial charge on any atom is -0.490 e. The number of halogens is 2. The molecular formula is C26H21BrClNO4S. The molecule has 34 heavy (non-hydrogen) atoms. The molecule has 3 aromatic carbocycles. The second-order valence-electron chi connectivity index (χ2n) is 7.43. The third-order valence-corrected chi connectivity index (χ3v) is 6.73. The monoisotopic (exact) mass is 557 g/mol. The van der Waals surface area contributed by atoms with E-state index in [1.165, 1.54) is 4.90 Å². The largest absolute Gasteiger partial charge is 0.490 e. The molecule has 1 saturated heterocycles. The molecule has 0 atom stereocenters. The van der Waals surface area contributed by atoms with Gasteiger partial charge in [-0.05, 0) is 81.6 Å². The number of rotatable bonds is 8. The van der Waals surface area contributed by atoms with Crippen LogP contribution in [0.4, 0.5) is 4.79 Å². The highest BCUT2D eigenvalue weighted by Gasteiger charge is 2.35. The van der Waals surface area contributed by atoms with Crippen LogP contribution < -0.4 is 9.47 Å². The van der Waals surface area contributed by atoms with Gasteiger partial charge in [-0.25, -0.2) is 0 Å². The van der Waals surface area contributed by atoms with Gasteiger partial charge in [0.2, 0.25) is 0 Å². The molecule has 0 unspecified atom stereocenters. The van der Waals surface area contributed by atoms with Crippen molar-refractivity contribution in [2.75, 3.05) is 6.61 Å². The topological polar surface area (TPSA) is 55.8 Å². The molecule has 0 aliphatic carbocycles. The lowest BCUT2D eigenvalue weighted by molar-refractivity contribution is -0.123. The van der Waals surface area contributed by atoms with Crippen molar-refractivity contribution in [3.63, 3.8) is 0 Å². The summed E-state index contributed by atoms with van der Waals surface area (Å²) in [5.74, 6) is 0.794. The van der Waals surface area contributed by atoms with E-state index in [2.05, 4.69) is 15.9 Å². The fourth-order valence-electron chi connectivity index (χ4n) is 3.36. The first-order valence-corrected chi connectivity index (χ1v) is 12.6. The van der Waals surface area contributed by atoms with Crippen LogP contribution in [0.3, 0.4) is 0 Å². The van der Waals surface area contributed by atoms with E-state index in [4.69, 9.17) is 21.1 Å². The van der Waals surface area contributed by atoms with Gasteiger partial charge < -0.3 is 9.47 Å². The maximum atomic E-state index is 12.9. The molecular weight excluding hydrogens is 538 g/mol. The van der Waals surface area contributed by atoms with Crippen LogP contribution in [0.1, 0.15) is 23.6 Å². The first kappa shape index (κ1) is 24.4. The van der Waals surface area contributed by atoms with Crippen LogP contribution in [0.2, 0.25) is 5.02 Å². The summed E-state index contributed by atoms with van der Waals surface area (Å²) in [4.78, 5) is 27.0. The summed E-state index contributed by atoms with van der Waals surface area (Å²) < 4.78 is 12.5. The molecule has 2 amide bonds. The third kappa shape index (κ3) is 5.84. The van der Waals surface area contributed by atoms with Crippen molar-refractivity contribution in [2.24, 2.45) is 0 Å². The minimum atomic E-state index is -0.309. The van der Waals surface area contributed by atoms with Gasteiger partial charge in [-0.1, -0.05) is 54.1 Å². The van der Waals surface area contributed by atoms with E-state index in [0.717, 1.165) is 28.5 Å². The Morgan fingerprint density at radius 1 is 1.00 bits per heavy atom. The van der Waals surface area contributed by atoms with Crippen LogP contribution in [0.25, 0.3) is 6.08 Å². The molecule has 0 radical (unpaired) electrons. The Morgan fingerprint density at radius 2 is 1.74 bits per heavy atom. The second-order valence-corrected chi connectivity index (χ2v) is 9.72. The Hall–Kier alpha value is -2.74. The normalized spacial score (nSPS) is 14.7. The summed E-state index contributed by atoms with van der Waals surface area (Å²) >= 11 is 10.4. The smallest absolute Gasteiger partial charge is 0.293 e. The number of thioether (sulfide) groups is 1. The van der Waals surface area contributed by atoms with Crippen molar-refractivity contribution >= 4 is 56.5 Å². The van der Waals surface area contributed by atoms with Crippen molar-refractivity contribution in [3.05, 3.63) is 97.8 Å². The fourth-order valence-corrected chi connectivity index (χ4v) is 4.90. The lowest BCUT2D eigenvalue weighted by Gasteiger charge is -2.15. The number of hydrogen-bond acceptors (Lipinski definition) is 5. The van der Waals surface area contributed by atoms with Gasteiger partial charge in [0, 0.05) is 5.02 Å². The Morgan fingerprint density at radius 3 is 2.44 bits per heavy atom. The van der Waals surface area contributed by atoms with Crippen molar-refractivity contribution in [1.82, 2.24) is 4.90 Å². The van der Waals surface area contributed by atoms with Gasteiger partial charge in [0.05, 0.1) is 22.5 Å². The number of amides is 2. The Labute approximate surface area is 215 Å². The number of carbonyl (C=O) groups excluding carboxylic acids is 2. The van der Waals surface area contributed by atoms with Crippen LogP contribution in [0.15, 0.2) is 76.1 Å². The van der Waals surface area contributed by atoms with Crippen LogP contribution in [-0.4, -0.2) is 22.7 Å². The predicted octanol–water partition coefficient (Wildman–Crippen LogP) is 7.32. The van der Waals surface area contributed by atoms with Gasteiger partial charge in [-0.2, -0.15) is 0 Å². The van der Waals surface area contributed by atoms with Gasteiger partial charge >= 0.3 is 0 Å². The van der Waals surface area contributed by atoms with E-state index in [-0.39, 0.29) is 17.7 Å². The van der Waals surface area contributed by atoms with Crippen LogP contribution in [0, 0.1) is 0 Å². The summed E-state index contributed by atoms with van der Waals surface area (Å²) in [5, 5.41) is 0.379. The highest BCUT2D eigenvalue weighted by atomic mass is 79.9.